The van der Waals surface area contributed by atoms with Crippen LogP contribution in [0.15, 0.2) is 33.7 Å². The predicted molar refractivity (Wildman–Crippen MR) is 113 cm³/mol. The van der Waals surface area contributed by atoms with Crippen LogP contribution in [-0.4, -0.2) is 48.3 Å². The summed E-state index contributed by atoms with van der Waals surface area (Å²) in [4.78, 5) is 20.4. The van der Waals surface area contributed by atoms with Crippen molar-refractivity contribution in [2.75, 3.05) is 26.7 Å². The molecule has 7 heteroatoms. The first-order valence-corrected chi connectivity index (χ1v) is 8.89. The van der Waals surface area contributed by atoms with Crippen molar-refractivity contribution in [2.45, 2.75) is 32.2 Å². The molecule has 0 unspecified atom stereocenters. The summed E-state index contributed by atoms with van der Waals surface area (Å²) in [5.41, 5.74) is 7.10. The highest BCUT2D eigenvalue weighted by molar-refractivity contribution is 14.0. The van der Waals surface area contributed by atoms with Gasteiger partial charge in [-0.1, -0.05) is 34.1 Å². The van der Waals surface area contributed by atoms with Crippen molar-refractivity contribution in [1.82, 2.24) is 9.80 Å². The van der Waals surface area contributed by atoms with E-state index >= 15 is 0 Å². The van der Waals surface area contributed by atoms with Crippen LogP contribution in [0.5, 0.6) is 0 Å². The van der Waals surface area contributed by atoms with E-state index in [0.29, 0.717) is 25.5 Å². The molecule has 1 aromatic rings. The Bertz CT molecular complexity index is 561. The quantitative estimate of drug-likeness (QED) is 0.377. The maximum Gasteiger partial charge on any atom is 0.224 e. The standard InChI is InChI=1S/C17H25BrN4O.HI/c1-21(13-14-7-3-4-8-15(14)18)16(23)9-10-20-17(19)22-11-5-2-6-12-22;/h3-4,7-8H,2,5-6,9-13H2,1H3,(H2,19,20);1H. The van der Waals surface area contributed by atoms with Crippen molar-refractivity contribution >= 4 is 51.8 Å². The van der Waals surface area contributed by atoms with Crippen LogP contribution in [0, 0.1) is 0 Å². The van der Waals surface area contributed by atoms with E-state index in [-0.39, 0.29) is 29.9 Å². The summed E-state index contributed by atoms with van der Waals surface area (Å²) in [6, 6.07) is 7.94. The van der Waals surface area contributed by atoms with Gasteiger partial charge in [-0.25, -0.2) is 0 Å². The number of aliphatic imine (C=N–C) groups is 1. The molecule has 0 aromatic heterocycles. The Balaban J connectivity index is 0.00000288. The number of halogens is 2. The summed E-state index contributed by atoms with van der Waals surface area (Å²) >= 11 is 3.51. The number of amides is 1. The number of benzene rings is 1. The molecule has 1 amide bonds. The highest BCUT2D eigenvalue weighted by Crippen LogP contribution is 2.17. The number of nitrogens with zero attached hydrogens (tertiary/aromatic N) is 3. The first-order chi connectivity index (χ1) is 11.1. The molecule has 1 fully saturated rings. The zero-order chi connectivity index (χ0) is 16.7. The fourth-order valence-electron chi connectivity index (χ4n) is 2.65. The second-order valence-corrected chi connectivity index (χ2v) is 6.73. The molecule has 5 nitrogen and oxygen atoms in total. The lowest BCUT2D eigenvalue weighted by molar-refractivity contribution is -0.130. The van der Waals surface area contributed by atoms with Gasteiger partial charge in [0.05, 0.1) is 6.54 Å². The third-order valence-corrected chi connectivity index (χ3v) is 4.84. The zero-order valence-corrected chi connectivity index (χ0v) is 18.0. The summed E-state index contributed by atoms with van der Waals surface area (Å²) in [6.07, 6.45) is 3.99. The van der Waals surface area contributed by atoms with Crippen molar-refractivity contribution in [3.8, 4) is 0 Å². The van der Waals surface area contributed by atoms with Gasteiger partial charge in [-0.05, 0) is 30.9 Å². The van der Waals surface area contributed by atoms with Crippen LogP contribution in [0.2, 0.25) is 0 Å². The average molecular weight is 509 g/mol. The van der Waals surface area contributed by atoms with E-state index in [9.17, 15) is 4.79 Å². The summed E-state index contributed by atoms with van der Waals surface area (Å²) in [5, 5.41) is 0. The molecule has 134 valence electrons. The molecule has 0 aliphatic carbocycles. The number of hydrogen-bond acceptors (Lipinski definition) is 2. The van der Waals surface area contributed by atoms with Gasteiger partial charge in [-0.2, -0.15) is 0 Å². The Morgan fingerprint density at radius 3 is 2.62 bits per heavy atom. The largest absolute Gasteiger partial charge is 0.370 e. The topological polar surface area (TPSA) is 61.9 Å². The smallest absolute Gasteiger partial charge is 0.224 e. The molecule has 1 aromatic carbocycles. The summed E-state index contributed by atoms with van der Waals surface area (Å²) in [7, 11) is 1.82. The minimum Gasteiger partial charge on any atom is -0.370 e. The third-order valence-electron chi connectivity index (χ3n) is 4.07. The number of likely N-dealkylation sites (tertiary alicyclic amines) is 1. The maximum atomic E-state index is 12.2. The van der Waals surface area contributed by atoms with Crippen LogP contribution in [-0.2, 0) is 11.3 Å². The van der Waals surface area contributed by atoms with Crippen molar-refractivity contribution < 1.29 is 4.79 Å². The first kappa shape index (κ1) is 21.2. The minimum atomic E-state index is 0. The van der Waals surface area contributed by atoms with E-state index in [0.717, 1.165) is 23.1 Å². The normalized spacial score (nSPS) is 14.9. The second kappa shape index (κ2) is 10.9. The Morgan fingerprint density at radius 2 is 1.96 bits per heavy atom. The van der Waals surface area contributed by atoms with Crippen LogP contribution in [0.3, 0.4) is 0 Å². The van der Waals surface area contributed by atoms with Gasteiger partial charge in [0.1, 0.15) is 0 Å². The van der Waals surface area contributed by atoms with E-state index in [1.165, 1.54) is 19.3 Å². The Hall–Kier alpha value is -0.830. The number of carbonyl (C=O) groups is 1. The zero-order valence-electron chi connectivity index (χ0n) is 14.1. The molecule has 1 heterocycles. The van der Waals surface area contributed by atoms with Crippen LogP contribution >= 0.6 is 39.9 Å². The SMILES string of the molecule is CN(Cc1ccccc1Br)C(=O)CCN=C(N)N1CCCCC1.I. The van der Waals surface area contributed by atoms with E-state index in [2.05, 4.69) is 25.8 Å². The van der Waals surface area contributed by atoms with Gasteiger partial charge < -0.3 is 15.5 Å². The number of hydrogen-bond donors (Lipinski definition) is 1. The molecule has 2 N–H and O–H groups in total. The highest BCUT2D eigenvalue weighted by Gasteiger charge is 2.13. The van der Waals surface area contributed by atoms with Crippen LogP contribution in [0.1, 0.15) is 31.2 Å². The lowest BCUT2D eigenvalue weighted by Crippen LogP contribution is -2.41. The number of guanidine groups is 1. The molecule has 0 bridgehead atoms. The Morgan fingerprint density at radius 1 is 1.29 bits per heavy atom. The van der Waals surface area contributed by atoms with Gasteiger partial charge in [0.25, 0.3) is 0 Å². The molecule has 0 spiro atoms. The van der Waals surface area contributed by atoms with Crippen molar-refractivity contribution in [3.63, 3.8) is 0 Å². The molecule has 1 aliphatic rings. The average Bonchev–Trinajstić information content (AvgIpc) is 2.57. The molecular formula is C17H26BrIN4O. The number of rotatable bonds is 5. The van der Waals surface area contributed by atoms with E-state index < -0.39 is 0 Å². The van der Waals surface area contributed by atoms with Gasteiger partial charge in [0.15, 0.2) is 5.96 Å². The molecule has 24 heavy (non-hydrogen) atoms. The van der Waals surface area contributed by atoms with Crippen LogP contribution in [0.25, 0.3) is 0 Å². The fourth-order valence-corrected chi connectivity index (χ4v) is 3.06. The molecule has 0 saturated carbocycles. The summed E-state index contributed by atoms with van der Waals surface area (Å²) in [5.74, 6) is 0.655. The minimum absolute atomic E-state index is 0. The molecule has 1 aliphatic heterocycles. The van der Waals surface area contributed by atoms with Crippen LogP contribution < -0.4 is 5.73 Å². The predicted octanol–water partition coefficient (Wildman–Crippen LogP) is 3.22. The van der Waals surface area contributed by atoms with Crippen molar-refractivity contribution in [1.29, 1.82) is 0 Å². The van der Waals surface area contributed by atoms with Gasteiger partial charge in [-0.3, -0.25) is 9.79 Å². The first-order valence-electron chi connectivity index (χ1n) is 8.10. The molecule has 1 saturated heterocycles. The summed E-state index contributed by atoms with van der Waals surface area (Å²) < 4.78 is 1.02. The molecule has 2 rings (SSSR count). The Kier molecular flexibility index (Phi) is 9.65. The van der Waals surface area contributed by atoms with Crippen LogP contribution in [0.4, 0.5) is 0 Å². The maximum absolute atomic E-state index is 12.2. The fraction of sp³-hybridized carbons (Fsp3) is 0.529. The number of nitrogens with two attached hydrogens (primary N) is 1. The van der Waals surface area contributed by atoms with Gasteiger partial charge in [-0.15, -0.1) is 24.0 Å². The monoisotopic (exact) mass is 508 g/mol. The van der Waals surface area contributed by atoms with Crippen molar-refractivity contribution in [3.05, 3.63) is 34.3 Å². The third kappa shape index (κ3) is 6.58. The number of piperidine rings is 1. The van der Waals surface area contributed by atoms with Crippen molar-refractivity contribution in [2.24, 2.45) is 10.7 Å². The molecular weight excluding hydrogens is 483 g/mol. The Labute approximate surface area is 169 Å². The van der Waals surface area contributed by atoms with Gasteiger partial charge in [0.2, 0.25) is 5.91 Å². The lowest BCUT2D eigenvalue weighted by Gasteiger charge is -2.27. The second-order valence-electron chi connectivity index (χ2n) is 5.88. The van der Waals surface area contributed by atoms with E-state index in [1.807, 2.05) is 31.3 Å². The lowest BCUT2D eigenvalue weighted by atomic mass is 10.1. The van der Waals surface area contributed by atoms with Gasteiger partial charge in [0, 0.05) is 37.6 Å². The van der Waals surface area contributed by atoms with E-state index in [1.54, 1.807) is 4.90 Å². The molecule has 0 radical (unpaired) electrons. The van der Waals surface area contributed by atoms with E-state index in [4.69, 9.17) is 5.73 Å². The van der Waals surface area contributed by atoms with Gasteiger partial charge >= 0.3 is 0 Å². The molecule has 0 atom stereocenters. The highest BCUT2D eigenvalue weighted by atomic mass is 127. The number of carbonyl (C=O) groups excluding carboxylic acids is 1. The summed E-state index contributed by atoms with van der Waals surface area (Å²) in [6.45, 7) is 2.99.